The molecule has 0 aromatic heterocycles. The highest BCUT2D eigenvalue weighted by Crippen LogP contribution is 2.37. The fourth-order valence-corrected chi connectivity index (χ4v) is 4.31. The van der Waals surface area contributed by atoms with Gasteiger partial charge in [-0.05, 0) is 36.4 Å². The smallest absolute Gasteiger partial charge is 0.337 e. The van der Waals surface area contributed by atoms with Gasteiger partial charge in [0.15, 0.2) is 11.5 Å². The lowest BCUT2D eigenvalue weighted by Crippen LogP contribution is -2.32. The number of amides is 1. The Kier molecular flexibility index (Phi) is 8.15. The number of benzene rings is 3. The average Bonchev–Trinajstić information content (AvgIpc) is 2.86. The number of methoxy groups -OCH3 is 3. The maximum atomic E-state index is 14.4. The number of anilines is 2. The third kappa shape index (κ3) is 5.92. The second-order valence-electron chi connectivity index (χ2n) is 7.61. The molecule has 190 valence electrons. The van der Waals surface area contributed by atoms with Crippen molar-refractivity contribution in [3.63, 3.8) is 0 Å². The second kappa shape index (κ2) is 11.1. The third-order valence-corrected chi connectivity index (χ3v) is 6.38. The van der Waals surface area contributed by atoms with E-state index in [4.69, 9.17) is 9.47 Å². The van der Waals surface area contributed by atoms with Crippen LogP contribution < -0.4 is 19.1 Å². The minimum absolute atomic E-state index is 0.0397. The van der Waals surface area contributed by atoms with Crippen LogP contribution in [0.3, 0.4) is 0 Å². The number of hydrogen-bond acceptors (Lipinski definition) is 7. The first-order chi connectivity index (χ1) is 17.1. The molecule has 36 heavy (non-hydrogen) atoms. The maximum Gasteiger partial charge on any atom is 0.337 e. The normalized spacial score (nSPS) is 10.9. The van der Waals surface area contributed by atoms with Gasteiger partial charge in [-0.1, -0.05) is 18.2 Å². The van der Waals surface area contributed by atoms with E-state index in [2.05, 4.69) is 10.1 Å². The van der Waals surface area contributed by atoms with E-state index < -0.39 is 27.7 Å². The van der Waals surface area contributed by atoms with Gasteiger partial charge in [-0.3, -0.25) is 9.10 Å². The molecule has 1 N–H and O–H groups in total. The maximum absolute atomic E-state index is 14.4. The summed E-state index contributed by atoms with van der Waals surface area (Å²) in [4.78, 5) is 25.0. The van der Waals surface area contributed by atoms with Crippen LogP contribution in [0, 0.1) is 5.82 Å². The molecule has 0 bridgehead atoms. The molecule has 0 aliphatic carbocycles. The van der Waals surface area contributed by atoms with Crippen molar-refractivity contribution in [3.05, 3.63) is 83.2 Å². The molecule has 0 spiro atoms. The molecule has 11 heteroatoms. The zero-order valence-electron chi connectivity index (χ0n) is 20.1. The molecule has 0 aliphatic rings. The molecule has 3 aromatic rings. The van der Waals surface area contributed by atoms with E-state index in [1.165, 1.54) is 75.9 Å². The Morgan fingerprint density at radius 1 is 0.944 bits per heavy atom. The lowest BCUT2D eigenvalue weighted by atomic mass is 10.1. The van der Waals surface area contributed by atoms with E-state index in [1.807, 2.05) is 0 Å². The van der Waals surface area contributed by atoms with E-state index in [1.54, 1.807) is 6.07 Å². The Balaban J connectivity index is 2.09. The standard InChI is InChI=1S/C25H25FN2O7S/c1-33-22-13-19(24(29)27-18-11-9-16(10-12-18)25(30)35-3)21(14-23(22)34-2)28(36(4,31)32)15-17-7-5-6-8-20(17)26/h5-14H,15H2,1-4H3,(H,27,29). The van der Waals surface area contributed by atoms with Gasteiger partial charge in [-0.25, -0.2) is 17.6 Å². The fraction of sp³-hybridized carbons (Fsp3) is 0.200. The molecular formula is C25H25FN2O7S. The second-order valence-corrected chi connectivity index (χ2v) is 9.52. The quantitative estimate of drug-likeness (QED) is 0.430. The number of nitrogens with one attached hydrogen (secondary N) is 1. The van der Waals surface area contributed by atoms with Gasteiger partial charge in [0, 0.05) is 17.3 Å². The monoisotopic (exact) mass is 516 g/mol. The predicted molar refractivity (Wildman–Crippen MR) is 133 cm³/mol. The lowest BCUT2D eigenvalue weighted by molar-refractivity contribution is 0.0600. The first kappa shape index (κ1) is 26.5. The van der Waals surface area contributed by atoms with Crippen molar-refractivity contribution in [2.45, 2.75) is 6.54 Å². The van der Waals surface area contributed by atoms with Gasteiger partial charge in [-0.15, -0.1) is 0 Å². The average molecular weight is 517 g/mol. The summed E-state index contributed by atoms with van der Waals surface area (Å²) in [6.07, 6.45) is 0.956. The number of sulfonamides is 1. The van der Waals surface area contributed by atoms with Crippen LogP contribution in [0.4, 0.5) is 15.8 Å². The summed E-state index contributed by atoms with van der Waals surface area (Å²) in [5.41, 5.74) is 0.639. The molecule has 1 amide bonds. The number of esters is 1. The minimum atomic E-state index is -3.99. The zero-order valence-corrected chi connectivity index (χ0v) is 20.9. The SMILES string of the molecule is COC(=O)c1ccc(NC(=O)c2cc(OC)c(OC)cc2N(Cc2ccccc2F)S(C)(=O)=O)cc1. The molecule has 0 saturated carbocycles. The summed E-state index contributed by atoms with van der Waals surface area (Å²) in [7, 11) is 0.0103. The highest BCUT2D eigenvalue weighted by atomic mass is 32.2. The number of carbonyl (C=O) groups is 2. The van der Waals surface area contributed by atoms with Crippen molar-refractivity contribution < 1.29 is 36.6 Å². The Labute approximate surface area is 208 Å². The van der Waals surface area contributed by atoms with Crippen molar-refractivity contribution in [1.29, 1.82) is 0 Å². The highest BCUT2D eigenvalue weighted by molar-refractivity contribution is 7.92. The van der Waals surface area contributed by atoms with Crippen LogP contribution in [0.2, 0.25) is 0 Å². The molecule has 3 aromatic carbocycles. The van der Waals surface area contributed by atoms with E-state index in [9.17, 15) is 22.4 Å². The van der Waals surface area contributed by atoms with Gasteiger partial charge in [0.1, 0.15) is 5.82 Å². The van der Waals surface area contributed by atoms with Crippen molar-refractivity contribution >= 4 is 33.3 Å². The van der Waals surface area contributed by atoms with Crippen LogP contribution in [-0.4, -0.2) is 47.9 Å². The van der Waals surface area contributed by atoms with Crippen molar-refractivity contribution in [2.24, 2.45) is 0 Å². The molecule has 0 aliphatic heterocycles. The Morgan fingerprint density at radius 3 is 2.11 bits per heavy atom. The Bertz CT molecular complexity index is 1380. The fourth-order valence-electron chi connectivity index (χ4n) is 3.42. The molecule has 0 heterocycles. The van der Waals surface area contributed by atoms with Crippen LogP contribution in [0.1, 0.15) is 26.3 Å². The van der Waals surface area contributed by atoms with E-state index in [0.29, 0.717) is 5.69 Å². The molecule has 0 radical (unpaired) electrons. The van der Waals surface area contributed by atoms with Gasteiger partial charge in [0.05, 0.1) is 50.9 Å². The predicted octanol–water partition coefficient (Wildman–Crippen LogP) is 3.85. The van der Waals surface area contributed by atoms with Crippen LogP contribution in [0.15, 0.2) is 60.7 Å². The summed E-state index contributed by atoms with van der Waals surface area (Å²) < 4.78 is 56.2. The topological polar surface area (TPSA) is 111 Å². The van der Waals surface area contributed by atoms with Gasteiger partial charge < -0.3 is 19.5 Å². The lowest BCUT2D eigenvalue weighted by Gasteiger charge is -2.26. The number of nitrogens with zero attached hydrogens (tertiary/aromatic N) is 1. The number of carbonyl (C=O) groups excluding carboxylic acids is 2. The first-order valence-corrected chi connectivity index (χ1v) is 12.4. The summed E-state index contributed by atoms with van der Waals surface area (Å²) in [6, 6.07) is 14.4. The molecular weight excluding hydrogens is 491 g/mol. The first-order valence-electron chi connectivity index (χ1n) is 10.6. The van der Waals surface area contributed by atoms with Crippen LogP contribution in [0.5, 0.6) is 11.5 Å². The largest absolute Gasteiger partial charge is 0.493 e. The molecule has 0 saturated heterocycles. The van der Waals surface area contributed by atoms with Crippen LogP contribution in [0.25, 0.3) is 0 Å². The van der Waals surface area contributed by atoms with Gasteiger partial charge >= 0.3 is 5.97 Å². The highest BCUT2D eigenvalue weighted by Gasteiger charge is 2.27. The number of halogens is 1. The van der Waals surface area contributed by atoms with Gasteiger partial charge in [0.2, 0.25) is 10.0 Å². The summed E-state index contributed by atoms with van der Waals surface area (Å²) >= 11 is 0. The summed E-state index contributed by atoms with van der Waals surface area (Å²) in [5, 5.41) is 2.67. The van der Waals surface area contributed by atoms with E-state index in [-0.39, 0.29) is 40.4 Å². The Hall–Kier alpha value is -4.12. The van der Waals surface area contributed by atoms with E-state index in [0.717, 1.165) is 10.6 Å². The zero-order chi connectivity index (χ0) is 26.5. The molecule has 9 nitrogen and oxygen atoms in total. The summed E-state index contributed by atoms with van der Waals surface area (Å²) in [5.74, 6) is -1.44. The molecule has 0 atom stereocenters. The van der Waals surface area contributed by atoms with Crippen molar-refractivity contribution in [2.75, 3.05) is 37.2 Å². The number of ether oxygens (including phenoxy) is 3. The van der Waals surface area contributed by atoms with Gasteiger partial charge in [-0.2, -0.15) is 0 Å². The van der Waals surface area contributed by atoms with Crippen molar-refractivity contribution in [3.8, 4) is 11.5 Å². The molecule has 0 unspecified atom stereocenters. The molecule has 0 fully saturated rings. The van der Waals surface area contributed by atoms with E-state index >= 15 is 0 Å². The Morgan fingerprint density at radius 2 is 1.56 bits per heavy atom. The molecule has 3 rings (SSSR count). The number of hydrogen-bond donors (Lipinski definition) is 1. The van der Waals surface area contributed by atoms with Gasteiger partial charge in [0.25, 0.3) is 5.91 Å². The number of rotatable bonds is 9. The third-order valence-electron chi connectivity index (χ3n) is 5.25. The van der Waals surface area contributed by atoms with Crippen LogP contribution >= 0.6 is 0 Å². The van der Waals surface area contributed by atoms with Crippen LogP contribution in [-0.2, 0) is 21.3 Å². The minimum Gasteiger partial charge on any atom is -0.493 e. The van der Waals surface area contributed by atoms with Crippen molar-refractivity contribution in [1.82, 2.24) is 0 Å². The summed E-state index contributed by atoms with van der Waals surface area (Å²) in [6.45, 7) is -0.366.